The van der Waals surface area contributed by atoms with Gasteiger partial charge in [0.2, 0.25) is 11.1 Å². The van der Waals surface area contributed by atoms with Crippen molar-refractivity contribution >= 4 is 39.7 Å². The van der Waals surface area contributed by atoms with Crippen molar-refractivity contribution in [1.82, 2.24) is 25.1 Å². The van der Waals surface area contributed by atoms with Crippen molar-refractivity contribution in [2.24, 2.45) is 0 Å². The van der Waals surface area contributed by atoms with Gasteiger partial charge >= 0.3 is 0 Å². The van der Waals surface area contributed by atoms with Crippen LogP contribution in [0.5, 0.6) is 0 Å². The number of carbonyl (C=O) groups is 1. The molecule has 7 heteroatoms. The van der Waals surface area contributed by atoms with E-state index in [1.807, 2.05) is 36.4 Å². The first-order valence-corrected chi connectivity index (χ1v) is 10.7. The Labute approximate surface area is 173 Å². The van der Waals surface area contributed by atoms with Crippen molar-refractivity contribution in [2.75, 3.05) is 12.3 Å². The molecule has 0 saturated carbocycles. The lowest BCUT2D eigenvalue weighted by Crippen LogP contribution is -2.29. The summed E-state index contributed by atoms with van der Waals surface area (Å²) in [5, 5.41) is 13.2. The molecule has 2 aromatic carbocycles. The van der Waals surface area contributed by atoms with E-state index in [0.29, 0.717) is 11.7 Å². The molecule has 4 rings (SSSR count). The molecule has 6 nitrogen and oxygen atoms in total. The molecule has 0 aliphatic heterocycles. The summed E-state index contributed by atoms with van der Waals surface area (Å²) in [7, 11) is 0. The Hall–Kier alpha value is -2.93. The van der Waals surface area contributed by atoms with Crippen LogP contribution in [0.4, 0.5) is 0 Å². The van der Waals surface area contributed by atoms with Gasteiger partial charge in [-0.05, 0) is 24.5 Å². The Kier molecular flexibility index (Phi) is 5.76. The number of carbonyl (C=O) groups excluding carboxylic acids is 1. The van der Waals surface area contributed by atoms with Gasteiger partial charge in [-0.15, -0.1) is 10.2 Å². The molecule has 0 fully saturated rings. The van der Waals surface area contributed by atoms with E-state index < -0.39 is 0 Å². The summed E-state index contributed by atoms with van der Waals surface area (Å²) in [6.07, 6.45) is 0. The zero-order valence-electron chi connectivity index (χ0n) is 16.5. The van der Waals surface area contributed by atoms with Crippen LogP contribution < -0.4 is 5.32 Å². The van der Waals surface area contributed by atoms with Gasteiger partial charge in [0.05, 0.1) is 11.3 Å². The van der Waals surface area contributed by atoms with Crippen molar-refractivity contribution in [3.8, 4) is 0 Å². The number of thioether (sulfide) groups is 1. The molecule has 29 heavy (non-hydrogen) atoms. The molecule has 0 saturated heterocycles. The highest BCUT2D eigenvalue weighted by molar-refractivity contribution is 7.99. The van der Waals surface area contributed by atoms with Crippen LogP contribution >= 0.6 is 11.8 Å². The van der Waals surface area contributed by atoms with Crippen LogP contribution in [-0.2, 0) is 11.3 Å². The van der Waals surface area contributed by atoms with Crippen molar-refractivity contribution in [2.45, 2.75) is 31.5 Å². The van der Waals surface area contributed by atoms with Gasteiger partial charge in [0.25, 0.3) is 0 Å². The van der Waals surface area contributed by atoms with E-state index in [0.717, 1.165) is 28.6 Å². The normalized spacial score (nSPS) is 12.3. The number of hydrogen-bond donors (Lipinski definition) is 1. The Morgan fingerprint density at radius 1 is 1.10 bits per heavy atom. The maximum Gasteiger partial charge on any atom is 0.230 e. The second kappa shape index (κ2) is 8.61. The molecule has 0 bridgehead atoms. The quantitative estimate of drug-likeness (QED) is 0.470. The first-order valence-electron chi connectivity index (χ1n) is 9.73. The molecule has 1 unspecified atom stereocenters. The molecule has 1 amide bonds. The minimum atomic E-state index is -0.0301. The van der Waals surface area contributed by atoms with Gasteiger partial charge < -0.3 is 9.88 Å². The van der Waals surface area contributed by atoms with E-state index in [2.05, 4.69) is 57.1 Å². The molecule has 1 atom stereocenters. The third-order valence-electron chi connectivity index (χ3n) is 4.98. The fourth-order valence-electron chi connectivity index (χ4n) is 3.42. The lowest BCUT2D eigenvalue weighted by molar-refractivity contribution is -0.118. The highest BCUT2D eigenvalue weighted by Crippen LogP contribution is 2.26. The molecule has 0 aliphatic carbocycles. The molecule has 4 aromatic rings. The maximum absolute atomic E-state index is 12.3. The molecular formula is C22H23N5OS. The standard InChI is InChI=1S/C22H23N5OS/c1-3-27-18-12-8-7-11-17(18)20-21(27)24-22(26-25-20)29-14-19(28)23-13-15(2)16-9-5-4-6-10-16/h4-12,15H,3,13-14H2,1-2H3,(H,23,28). The zero-order chi connectivity index (χ0) is 20.2. The predicted molar refractivity (Wildman–Crippen MR) is 117 cm³/mol. The number of rotatable bonds is 7. The second-order valence-corrected chi connectivity index (χ2v) is 7.87. The van der Waals surface area contributed by atoms with Crippen LogP contribution in [0.25, 0.3) is 22.1 Å². The molecule has 1 N–H and O–H groups in total. The highest BCUT2D eigenvalue weighted by Gasteiger charge is 2.14. The van der Waals surface area contributed by atoms with Crippen molar-refractivity contribution in [1.29, 1.82) is 0 Å². The number of aromatic nitrogens is 4. The van der Waals surface area contributed by atoms with Gasteiger partial charge in [-0.3, -0.25) is 4.79 Å². The Balaban J connectivity index is 1.42. The number of nitrogens with one attached hydrogen (secondary N) is 1. The maximum atomic E-state index is 12.3. The number of amides is 1. The third-order valence-corrected chi connectivity index (χ3v) is 5.81. The van der Waals surface area contributed by atoms with Crippen LogP contribution in [0.15, 0.2) is 59.8 Å². The summed E-state index contributed by atoms with van der Waals surface area (Å²) >= 11 is 1.31. The predicted octanol–water partition coefficient (Wildman–Crippen LogP) is 4.01. The topological polar surface area (TPSA) is 72.7 Å². The Morgan fingerprint density at radius 3 is 2.66 bits per heavy atom. The summed E-state index contributed by atoms with van der Waals surface area (Å²) in [5.41, 5.74) is 3.92. The summed E-state index contributed by atoms with van der Waals surface area (Å²) in [6, 6.07) is 18.3. The van der Waals surface area contributed by atoms with Crippen LogP contribution in [0.2, 0.25) is 0 Å². The van der Waals surface area contributed by atoms with Gasteiger partial charge in [0.1, 0.15) is 5.52 Å². The number of para-hydroxylation sites is 1. The fraction of sp³-hybridized carbons (Fsp3) is 0.273. The fourth-order valence-corrected chi connectivity index (χ4v) is 4.03. The van der Waals surface area contributed by atoms with Crippen LogP contribution in [0.1, 0.15) is 25.3 Å². The molecular weight excluding hydrogens is 382 g/mol. The number of aryl methyl sites for hydroxylation is 1. The van der Waals surface area contributed by atoms with Crippen LogP contribution in [-0.4, -0.2) is 38.0 Å². The van der Waals surface area contributed by atoms with Crippen molar-refractivity contribution in [3.05, 3.63) is 60.2 Å². The molecule has 2 heterocycles. The number of hydrogen-bond acceptors (Lipinski definition) is 5. The Morgan fingerprint density at radius 2 is 1.86 bits per heavy atom. The molecule has 2 aromatic heterocycles. The summed E-state index contributed by atoms with van der Waals surface area (Å²) in [5.74, 6) is 0.498. The largest absolute Gasteiger partial charge is 0.355 e. The van der Waals surface area contributed by atoms with E-state index in [1.165, 1.54) is 17.3 Å². The van der Waals surface area contributed by atoms with Gasteiger partial charge in [-0.1, -0.05) is 67.2 Å². The summed E-state index contributed by atoms with van der Waals surface area (Å²) in [4.78, 5) is 16.9. The van der Waals surface area contributed by atoms with E-state index >= 15 is 0 Å². The Bertz CT molecular complexity index is 1140. The number of benzene rings is 2. The molecule has 0 spiro atoms. The van der Waals surface area contributed by atoms with Crippen molar-refractivity contribution < 1.29 is 4.79 Å². The van der Waals surface area contributed by atoms with Gasteiger partial charge in [-0.25, -0.2) is 4.98 Å². The van der Waals surface area contributed by atoms with Crippen LogP contribution in [0.3, 0.4) is 0 Å². The zero-order valence-corrected chi connectivity index (χ0v) is 17.3. The van der Waals surface area contributed by atoms with Gasteiger partial charge in [0.15, 0.2) is 5.65 Å². The lowest BCUT2D eigenvalue weighted by atomic mass is 10.0. The second-order valence-electron chi connectivity index (χ2n) is 6.93. The van der Waals surface area contributed by atoms with E-state index in [-0.39, 0.29) is 17.6 Å². The molecule has 0 aliphatic rings. The highest BCUT2D eigenvalue weighted by atomic mass is 32.2. The lowest BCUT2D eigenvalue weighted by Gasteiger charge is -2.12. The average Bonchev–Trinajstić information content (AvgIpc) is 3.09. The first kappa shape index (κ1) is 19.4. The van der Waals surface area contributed by atoms with Crippen molar-refractivity contribution in [3.63, 3.8) is 0 Å². The van der Waals surface area contributed by atoms with Gasteiger partial charge in [-0.2, -0.15) is 0 Å². The minimum Gasteiger partial charge on any atom is -0.355 e. The minimum absolute atomic E-state index is 0.0301. The summed E-state index contributed by atoms with van der Waals surface area (Å²) in [6.45, 7) is 5.59. The first-order chi connectivity index (χ1) is 14.2. The van der Waals surface area contributed by atoms with E-state index in [1.54, 1.807) is 0 Å². The number of fused-ring (bicyclic) bond motifs is 3. The SMILES string of the molecule is CCn1c2ccccc2c2nnc(SCC(=O)NCC(C)c3ccccc3)nc21. The average molecular weight is 406 g/mol. The molecule has 148 valence electrons. The van der Waals surface area contributed by atoms with Gasteiger partial charge in [0, 0.05) is 18.5 Å². The van der Waals surface area contributed by atoms with Crippen LogP contribution in [0, 0.1) is 0 Å². The smallest absolute Gasteiger partial charge is 0.230 e. The molecule has 0 radical (unpaired) electrons. The number of nitrogens with zero attached hydrogens (tertiary/aromatic N) is 4. The van der Waals surface area contributed by atoms with E-state index in [9.17, 15) is 4.79 Å². The monoisotopic (exact) mass is 405 g/mol. The van der Waals surface area contributed by atoms with E-state index in [4.69, 9.17) is 0 Å². The third kappa shape index (κ3) is 4.10. The summed E-state index contributed by atoms with van der Waals surface area (Å²) < 4.78 is 2.13.